The second-order valence-corrected chi connectivity index (χ2v) is 4.80. The Balaban J connectivity index is 2.55. The molecule has 0 bridgehead atoms. The average molecular weight is 242 g/mol. The van der Waals surface area contributed by atoms with E-state index in [1.807, 2.05) is 0 Å². The van der Waals surface area contributed by atoms with Gasteiger partial charge < -0.3 is 9.84 Å². The van der Waals surface area contributed by atoms with Gasteiger partial charge in [-0.05, 0) is 24.6 Å². The molecule has 0 heterocycles. The van der Waals surface area contributed by atoms with E-state index in [0.717, 1.165) is 0 Å². The summed E-state index contributed by atoms with van der Waals surface area (Å²) in [7, 11) is 0.393. The maximum absolute atomic E-state index is 11.8. The van der Waals surface area contributed by atoms with E-state index in [1.165, 1.54) is 0 Å². The molecule has 0 fully saturated rings. The molecule has 1 atom stereocenters. The third-order valence-electron chi connectivity index (χ3n) is 2.02. The topological polar surface area (TPSA) is 63.6 Å². The Labute approximate surface area is 96.7 Å². The smallest absolute Gasteiger partial charge is 0.303 e. The lowest BCUT2D eigenvalue weighted by molar-refractivity contribution is -0.137. The van der Waals surface area contributed by atoms with Crippen molar-refractivity contribution in [3.63, 3.8) is 0 Å². The fourth-order valence-corrected chi connectivity index (χ4v) is 2.34. The molecule has 0 radical (unpaired) electrons. The zero-order valence-electron chi connectivity index (χ0n) is 9.01. The van der Waals surface area contributed by atoms with E-state index in [2.05, 4.69) is 0 Å². The molecule has 1 aromatic carbocycles. The zero-order valence-corrected chi connectivity index (χ0v) is 9.83. The normalized spacial score (nSPS) is 12.1. The van der Waals surface area contributed by atoms with E-state index in [4.69, 9.17) is 9.84 Å². The quantitative estimate of drug-likeness (QED) is 0.824. The molecule has 0 spiro atoms. The summed E-state index contributed by atoms with van der Waals surface area (Å²) < 4.78 is 16.8. The molecule has 16 heavy (non-hydrogen) atoms. The van der Waals surface area contributed by atoms with E-state index in [0.29, 0.717) is 22.8 Å². The average Bonchev–Trinajstić information content (AvgIpc) is 2.28. The number of hydrogen-bond donors (Lipinski definition) is 1. The van der Waals surface area contributed by atoms with Crippen molar-refractivity contribution in [2.24, 2.45) is 0 Å². The molecule has 4 nitrogen and oxygen atoms in total. The van der Waals surface area contributed by atoms with Gasteiger partial charge in [0.05, 0.1) is 17.9 Å². The molecule has 1 unspecified atom stereocenters. The monoisotopic (exact) mass is 242 g/mol. The van der Waals surface area contributed by atoms with Crippen LogP contribution in [0.4, 0.5) is 0 Å². The van der Waals surface area contributed by atoms with Gasteiger partial charge in [-0.15, -0.1) is 0 Å². The summed E-state index contributed by atoms with van der Waals surface area (Å²) in [5.74, 6) is 0.158. The molecule has 0 amide bonds. The Morgan fingerprint density at radius 2 is 2.25 bits per heavy atom. The number of carbonyl (C=O) groups is 1. The molecule has 1 aromatic rings. The van der Waals surface area contributed by atoms with Crippen LogP contribution in [0.3, 0.4) is 0 Å². The van der Waals surface area contributed by atoms with Crippen LogP contribution in [0.1, 0.15) is 12.8 Å². The standard InChI is InChI=1S/C11H14O4S/c1-15-9-4-2-5-10(8-9)16(14)7-3-6-11(12)13/h2,4-5,8H,3,6-7H2,1H3,(H,12,13). The zero-order chi connectivity index (χ0) is 12.0. The Hall–Kier alpha value is -1.36. The third kappa shape index (κ3) is 4.02. The first-order chi connectivity index (χ1) is 7.63. The fourth-order valence-electron chi connectivity index (χ4n) is 1.22. The van der Waals surface area contributed by atoms with Crippen molar-refractivity contribution in [3.8, 4) is 5.75 Å². The van der Waals surface area contributed by atoms with Crippen molar-refractivity contribution in [3.05, 3.63) is 24.3 Å². The molecule has 1 rings (SSSR count). The fraction of sp³-hybridized carbons (Fsp3) is 0.364. The lowest BCUT2D eigenvalue weighted by atomic mass is 10.3. The maximum atomic E-state index is 11.8. The second-order valence-electron chi connectivity index (χ2n) is 3.23. The van der Waals surface area contributed by atoms with Crippen LogP contribution in [0, 0.1) is 0 Å². The van der Waals surface area contributed by atoms with Gasteiger partial charge in [-0.2, -0.15) is 0 Å². The van der Waals surface area contributed by atoms with Crippen molar-refractivity contribution in [1.82, 2.24) is 0 Å². The van der Waals surface area contributed by atoms with Crippen LogP contribution in [-0.4, -0.2) is 28.1 Å². The van der Waals surface area contributed by atoms with E-state index >= 15 is 0 Å². The van der Waals surface area contributed by atoms with Gasteiger partial charge in [0, 0.05) is 17.1 Å². The summed E-state index contributed by atoms with van der Waals surface area (Å²) in [5.41, 5.74) is 0. The molecule has 1 N–H and O–H groups in total. The van der Waals surface area contributed by atoms with Gasteiger partial charge >= 0.3 is 5.97 Å². The molecular formula is C11H14O4S. The van der Waals surface area contributed by atoms with Crippen molar-refractivity contribution in [2.75, 3.05) is 12.9 Å². The maximum Gasteiger partial charge on any atom is 0.303 e. The van der Waals surface area contributed by atoms with Crippen molar-refractivity contribution in [1.29, 1.82) is 0 Å². The van der Waals surface area contributed by atoms with Crippen LogP contribution in [0.5, 0.6) is 5.75 Å². The van der Waals surface area contributed by atoms with E-state index in [1.54, 1.807) is 31.4 Å². The molecule has 5 heteroatoms. The summed E-state index contributed by atoms with van der Waals surface area (Å²) in [6.07, 6.45) is 0.467. The van der Waals surface area contributed by atoms with Crippen LogP contribution in [0.15, 0.2) is 29.2 Å². The summed E-state index contributed by atoms with van der Waals surface area (Å²) >= 11 is 0. The molecule has 88 valence electrons. The number of rotatable bonds is 6. The number of hydrogen-bond acceptors (Lipinski definition) is 3. The third-order valence-corrected chi connectivity index (χ3v) is 3.46. The minimum absolute atomic E-state index is 0.0513. The second kappa shape index (κ2) is 6.27. The summed E-state index contributed by atoms with van der Waals surface area (Å²) in [4.78, 5) is 11.0. The van der Waals surface area contributed by atoms with Gasteiger partial charge in [-0.1, -0.05) is 6.07 Å². The predicted octanol–water partition coefficient (Wildman–Crippen LogP) is 1.67. The number of ether oxygens (including phenoxy) is 1. The van der Waals surface area contributed by atoms with Crippen LogP contribution in [0.2, 0.25) is 0 Å². The number of aliphatic carboxylic acids is 1. The van der Waals surface area contributed by atoms with Gasteiger partial charge in [-0.25, -0.2) is 0 Å². The van der Waals surface area contributed by atoms with E-state index in [-0.39, 0.29) is 6.42 Å². The van der Waals surface area contributed by atoms with Gasteiger partial charge in [0.25, 0.3) is 0 Å². The molecule has 0 aliphatic carbocycles. The number of methoxy groups -OCH3 is 1. The first kappa shape index (κ1) is 12.7. The van der Waals surface area contributed by atoms with Gasteiger partial charge in [0.2, 0.25) is 0 Å². The molecule has 0 aliphatic heterocycles. The van der Waals surface area contributed by atoms with Crippen LogP contribution in [0.25, 0.3) is 0 Å². The minimum Gasteiger partial charge on any atom is -0.497 e. The Kier molecular flexibility index (Phi) is 4.98. The van der Waals surface area contributed by atoms with Gasteiger partial charge in [-0.3, -0.25) is 9.00 Å². The first-order valence-electron chi connectivity index (χ1n) is 4.87. The number of carboxylic acids is 1. The highest BCUT2D eigenvalue weighted by Gasteiger charge is 2.06. The highest BCUT2D eigenvalue weighted by Crippen LogP contribution is 2.16. The SMILES string of the molecule is COc1cccc(S(=O)CCCC(=O)O)c1. The first-order valence-corrected chi connectivity index (χ1v) is 6.19. The summed E-state index contributed by atoms with van der Waals surface area (Å²) in [5, 5.41) is 8.46. The van der Waals surface area contributed by atoms with E-state index in [9.17, 15) is 9.00 Å². The molecular weight excluding hydrogens is 228 g/mol. The van der Waals surface area contributed by atoms with Gasteiger partial charge in [0.15, 0.2) is 0 Å². The molecule has 0 saturated heterocycles. The molecule has 0 aliphatic rings. The van der Waals surface area contributed by atoms with Crippen LogP contribution in [-0.2, 0) is 15.6 Å². The van der Waals surface area contributed by atoms with Crippen molar-refractivity contribution < 1.29 is 18.8 Å². The predicted molar refractivity (Wildman–Crippen MR) is 61.1 cm³/mol. The Bertz CT molecular complexity index is 389. The lowest BCUT2D eigenvalue weighted by Gasteiger charge is -2.03. The van der Waals surface area contributed by atoms with Crippen LogP contribution < -0.4 is 4.74 Å². The molecule has 0 saturated carbocycles. The van der Waals surface area contributed by atoms with Crippen molar-refractivity contribution >= 4 is 16.8 Å². The van der Waals surface area contributed by atoms with Crippen molar-refractivity contribution in [2.45, 2.75) is 17.7 Å². The number of carboxylic acid groups (broad SMARTS) is 1. The highest BCUT2D eigenvalue weighted by atomic mass is 32.2. The van der Waals surface area contributed by atoms with Crippen LogP contribution >= 0.6 is 0 Å². The summed E-state index contributed by atoms with van der Waals surface area (Å²) in [6.45, 7) is 0. The van der Waals surface area contributed by atoms with Gasteiger partial charge in [0.1, 0.15) is 5.75 Å². The minimum atomic E-state index is -1.16. The summed E-state index contributed by atoms with van der Waals surface area (Å²) in [6, 6.07) is 7.00. The number of benzene rings is 1. The lowest BCUT2D eigenvalue weighted by Crippen LogP contribution is -2.02. The Morgan fingerprint density at radius 3 is 2.88 bits per heavy atom. The molecule has 0 aromatic heterocycles. The largest absolute Gasteiger partial charge is 0.497 e. The van der Waals surface area contributed by atoms with E-state index < -0.39 is 16.8 Å². The highest BCUT2D eigenvalue weighted by molar-refractivity contribution is 7.85. The Morgan fingerprint density at radius 1 is 1.50 bits per heavy atom.